The maximum absolute atomic E-state index is 13.6. The van der Waals surface area contributed by atoms with Gasteiger partial charge in [-0.05, 0) is 25.0 Å². The van der Waals surface area contributed by atoms with Crippen molar-refractivity contribution in [3.63, 3.8) is 0 Å². The molecular formula is C15H21FN2O3S. The summed E-state index contributed by atoms with van der Waals surface area (Å²) in [6, 6.07) is 6.21. The maximum atomic E-state index is 13.6. The molecule has 0 bridgehead atoms. The molecule has 1 aliphatic heterocycles. The lowest BCUT2D eigenvalue weighted by Crippen LogP contribution is -2.38. The van der Waals surface area contributed by atoms with Crippen molar-refractivity contribution in [2.24, 2.45) is 0 Å². The molecule has 0 aromatic heterocycles. The lowest BCUT2D eigenvalue weighted by atomic mass is 10.1. The monoisotopic (exact) mass is 328 g/mol. The molecule has 1 amide bonds. The lowest BCUT2D eigenvalue weighted by Gasteiger charge is -2.21. The average molecular weight is 328 g/mol. The van der Waals surface area contributed by atoms with E-state index in [0.717, 1.165) is 0 Å². The largest absolute Gasteiger partial charge is 0.341 e. The Labute approximate surface area is 130 Å². The second kappa shape index (κ2) is 7.19. The maximum Gasteiger partial charge on any atom is 0.227 e. The highest BCUT2D eigenvalue weighted by atomic mass is 32.2. The van der Waals surface area contributed by atoms with Gasteiger partial charge in [0.05, 0.1) is 12.2 Å². The molecule has 0 atom stereocenters. The van der Waals surface area contributed by atoms with Crippen molar-refractivity contribution in [1.29, 1.82) is 0 Å². The van der Waals surface area contributed by atoms with Crippen molar-refractivity contribution in [3.8, 4) is 0 Å². The summed E-state index contributed by atoms with van der Waals surface area (Å²) in [6.07, 6.45) is 0.607. The smallest absolute Gasteiger partial charge is 0.227 e. The summed E-state index contributed by atoms with van der Waals surface area (Å²) in [4.78, 5) is 13.9. The highest BCUT2D eigenvalue weighted by molar-refractivity contribution is 7.89. The van der Waals surface area contributed by atoms with Crippen LogP contribution in [0, 0.1) is 5.82 Å². The zero-order chi connectivity index (χ0) is 16.2. The Morgan fingerprint density at radius 1 is 1.18 bits per heavy atom. The van der Waals surface area contributed by atoms with Gasteiger partial charge in [0.25, 0.3) is 0 Å². The number of carbonyl (C=O) groups excluding carboxylic acids is 1. The van der Waals surface area contributed by atoms with E-state index in [1.807, 2.05) is 0 Å². The van der Waals surface area contributed by atoms with E-state index in [1.165, 1.54) is 10.4 Å². The van der Waals surface area contributed by atoms with E-state index in [9.17, 15) is 17.6 Å². The van der Waals surface area contributed by atoms with E-state index in [1.54, 1.807) is 30.0 Å². The minimum Gasteiger partial charge on any atom is -0.341 e. The first kappa shape index (κ1) is 16.9. The van der Waals surface area contributed by atoms with Crippen LogP contribution in [0.2, 0.25) is 0 Å². The molecule has 7 heteroatoms. The molecule has 1 aliphatic rings. The van der Waals surface area contributed by atoms with E-state index < -0.39 is 10.0 Å². The van der Waals surface area contributed by atoms with Crippen LogP contribution in [0.3, 0.4) is 0 Å². The Hall–Kier alpha value is -1.47. The van der Waals surface area contributed by atoms with Crippen molar-refractivity contribution in [1.82, 2.24) is 9.21 Å². The van der Waals surface area contributed by atoms with Gasteiger partial charge in [0.1, 0.15) is 5.82 Å². The number of rotatable bonds is 4. The second-order valence-corrected chi connectivity index (χ2v) is 7.56. The van der Waals surface area contributed by atoms with E-state index in [2.05, 4.69) is 0 Å². The van der Waals surface area contributed by atoms with Gasteiger partial charge in [-0.2, -0.15) is 0 Å². The zero-order valence-electron chi connectivity index (χ0n) is 12.7. The predicted octanol–water partition coefficient (Wildman–Crippen LogP) is 1.25. The van der Waals surface area contributed by atoms with Gasteiger partial charge in [-0.1, -0.05) is 18.2 Å². The van der Waals surface area contributed by atoms with Crippen LogP contribution in [0.1, 0.15) is 18.9 Å². The normalized spacial score (nSPS) is 17.3. The van der Waals surface area contributed by atoms with Crippen LogP contribution in [-0.2, 0) is 21.2 Å². The molecule has 1 aromatic rings. The molecule has 1 fully saturated rings. The highest BCUT2D eigenvalue weighted by Gasteiger charge is 2.25. The van der Waals surface area contributed by atoms with Gasteiger partial charge in [-0.15, -0.1) is 0 Å². The molecule has 0 N–H and O–H groups in total. The molecule has 1 saturated heterocycles. The van der Waals surface area contributed by atoms with Crippen LogP contribution >= 0.6 is 0 Å². The predicted molar refractivity (Wildman–Crippen MR) is 82.3 cm³/mol. The number of sulfonamides is 1. The van der Waals surface area contributed by atoms with Gasteiger partial charge in [-0.25, -0.2) is 17.1 Å². The SMILES string of the molecule is CCS(=O)(=O)N1CCCN(C(=O)Cc2ccccc2F)CC1. The topological polar surface area (TPSA) is 57.7 Å². The molecule has 0 unspecified atom stereocenters. The number of amides is 1. The first-order chi connectivity index (χ1) is 10.4. The molecule has 1 aromatic carbocycles. The Bertz CT molecular complexity index is 633. The number of halogens is 1. The first-order valence-corrected chi connectivity index (χ1v) is 9.04. The Morgan fingerprint density at radius 3 is 2.59 bits per heavy atom. The number of nitrogens with zero attached hydrogens (tertiary/aromatic N) is 2. The second-order valence-electron chi connectivity index (χ2n) is 5.30. The number of hydrogen-bond donors (Lipinski definition) is 0. The molecule has 2 rings (SSSR count). The van der Waals surface area contributed by atoms with Gasteiger partial charge in [0, 0.05) is 26.2 Å². The summed E-state index contributed by atoms with van der Waals surface area (Å²) < 4.78 is 38.8. The van der Waals surface area contributed by atoms with Gasteiger partial charge in [-0.3, -0.25) is 4.79 Å². The minimum absolute atomic E-state index is 0.00714. The summed E-state index contributed by atoms with van der Waals surface area (Å²) in [5.41, 5.74) is 0.370. The average Bonchev–Trinajstić information content (AvgIpc) is 2.76. The first-order valence-electron chi connectivity index (χ1n) is 7.43. The van der Waals surface area contributed by atoms with Crippen molar-refractivity contribution < 1.29 is 17.6 Å². The summed E-state index contributed by atoms with van der Waals surface area (Å²) in [5, 5.41) is 0. The van der Waals surface area contributed by atoms with E-state index >= 15 is 0 Å². The molecular weight excluding hydrogens is 307 g/mol. The summed E-state index contributed by atoms with van der Waals surface area (Å²) >= 11 is 0. The lowest BCUT2D eigenvalue weighted by molar-refractivity contribution is -0.130. The van der Waals surface area contributed by atoms with Gasteiger partial charge in [0.2, 0.25) is 15.9 Å². The summed E-state index contributed by atoms with van der Waals surface area (Å²) in [5.74, 6) is -0.488. The zero-order valence-corrected chi connectivity index (χ0v) is 13.5. The molecule has 0 saturated carbocycles. The molecule has 0 spiro atoms. The Morgan fingerprint density at radius 2 is 1.91 bits per heavy atom. The fourth-order valence-corrected chi connectivity index (χ4v) is 3.65. The molecule has 22 heavy (non-hydrogen) atoms. The highest BCUT2D eigenvalue weighted by Crippen LogP contribution is 2.12. The third-order valence-corrected chi connectivity index (χ3v) is 5.75. The summed E-state index contributed by atoms with van der Waals surface area (Å²) in [6.45, 7) is 3.20. The van der Waals surface area contributed by atoms with E-state index in [0.29, 0.717) is 38.2 Å². The van der Waals surface area contributed by atoms with Crippen molar-refractivity contribution >= 4 is 15.9 Å². The van der Waals surface area contributed by atoms with Crippen LogP contribution < -0.4 is 0 Å². The molecule has 1 heterocycles. The molecule has 0 radical (unpaired) electrons. The van der Waals surface area contributed by atoms with Crippen molar-refractivity contribution in [2.45, 2.75) is 19.8 Å². The Balaban J connectivity index is 1.99. The quantitative estimate of drug-likeness (QED) is 0.836. The molecule has 5 nitrogen and oxygen atoms in total. The molecule has 0 aliphatic carbocycles. The third-order valence-electron chi connectivity index (χ3n) is 3.87. The number of carbonyl (C=O) groups is 1. The molecule has 122 valence electrons. The standard InChI is InChI=1S/C15H21FN2O3S/c1-2-22(20,21)18-9-5-8-17(10-11-18)15(19)12-13-6-3-4-7-14(13)16/h3-4,6-7H,2,5,8-12H2,1H3. The van der Waals surface area contributed by atoms with Crippen molar-refractivity contribution in [3.05, 3.63) is 35.6 Å². The number of hydrogen-bond acceptors (Lipinski definition) is 3. The van der Waals surface area contributed by atoms with Crippen LogP contribution in [0.15, 0.2) is 24.3 Å². The van der Waals surface area contributed by atoms with Crippen LogP contribution in [0.4, 0.5) is 4.39 Å². The minimum atomic E-state index is -3.22. The third kappa shape index (κ3) is 4.04. The van der Waals surface area contributed by atoms with E-state index in [-0.39, 0.29) is 23.9 Å². The fraction of sp³-hybridized carbons (Fsp3) is 0.533. The Kier molecular flexibility index (Phi) is 5.52. The van der Waals surface area contributed by atoms with Crippen LogP contribution in [-0.4, -0.2) is 55.5 Å². The van der Waals surface area contributed by atoms with E-state index in [4.69, 9.17) is 0 Å². The van der Waals surface area contributed by atoms with Crippen LogP contribution in [0.5, 0.6) is 0 Å². The summed E-state index contributed by atoms with van der Waals surface area (Å²) in [7, 11) is -3.22. The number of benzene rings is 1. The van der Waals surface area contributed by atoms with Gasteiger partial charge < -0.3 is 4.90 Å². The van der Waals surface area contributed by atoms with Gasteiger partial charge >= 0.3 is 0 Å². The fourth-order valence-electron chi connectivity index (χ4n) is 2.52. The van der Waals surface area contributed by atoms with Crippen molar-refractivity contribution in [2.75, 3.05) is 31.9 Å². The van der Waals surface area contributed by atoms with Gasteiger partial charge in [0.15, 0.2) is 0 Å². The van der Waals surface area contributed by atoms with Crippen LogP contribution in [0.25, 0.3) is 0 Å².